The van der Waals surface area contributed by atoms with Crippen molar-refractivity contribution in [3.05, 3.63) is 30.0 Å². The molecule has 1 heterocycles. The van der Waals surface area contributed by atoms with Crippen LogP contribution in [0, 0.1) is 16.7 Å². The Labute approximate surface area is 123 Å². The normalized spacial score (nSPS) is 17.2. The SMILES string of the molecule is N#Cc1oc2ccccc2c1OCC1(CS)CCCC1. The lowest BCUT2D eigenvalue weighted by Crippen LogP contribution is -2.27. The average Bonchev–Trinajstić information content (AvgIpc) is 3.10. The second-order valence-corrected chi connectivity index (χ2v) is 5.84. The van der Waals surface area contributed by atoms with Gasteiger partial charge in [-0.05, 0) is 30.7 Å². The molecular formula is C16H17NO2S. The lowest BCUT2D eigenvalue weighted by atomic mass is 9.90. The number of hydrogen-bond acceptors (Lipinski definition) is 4. The molecule has 0 saturated heterocycles. The molecule has 3 rings (SSSR count). The second kappa shape index (κ2) is 5.41. The Hall–Kier alpha value is -1.60. The van der Waals surface area contributed by atoms with Crippen molar-refractivity contribution in [2.75, 3.05) is 12.4 Å². The number of benzene rings is 1. The Morgan fingerprint density at radius 3 is 2.75 bits per heavy atom. The molecule has 0 bridgehead atoms. The number of nitrogens with zero attached hydrogens (tertiary/aromatic N) is 1. The maximum absolute atomic E-state index is 9.19. The first-order valence-corrected chi connectivity index (χ1v) is 7.56. The van der Waals surface area contributed by atoms with Crippen LogP contribution in [0.2, 0.25) is 0 Å². The maximum atomic E-state index is 9.19. The van der Waals surface area contributed by atoms with E-state index < -0.39 is 0 Å². The Morgan fingerprint density at radius 1 is 1.30 bits per heavy atom. The summed E-state index contributed by atoms with van der Waals surface area (Å²) in [6, 6.07) is 9.68. The maximum Gasteiger partial charge on any atom is 0.246 e. The third-order valence-corrected chi connectivity index (χ3v) is 4.84. The van der Waals surface area contributed by atoms with Gasteiger partial charge in [-0.25, -0.2) is 0 Å². The fourth-order valence-corrected chi connectivity index (χ4v) is 3.34. The van der Waals surface area contributed by atoms with Crippen molar-refractivity contribution in [3.63, 3.8) is 0 Å². The van der Waals surface area contributed by atoms with Crippen LogP contribution in [0.3, 0.4) is 0 Å². The number of furan rings is 1. The second-order valence-electron chi connectivity index (χ2n) is 5.52. The van der Waals surface area contributed by atoms with E-state index in [1.807, 2.05) is 24.3 Å². The van der Waals surface area contributed by atoms with Crippen LogP contribution >= 0.6 is 12.6 Å². The minimum absolute atomic E-state index is 0.147. The van der Waals surface area contributed by atoms with Gasteiger partial charge in [0.15, 0.2) is 5.75 Å². The zero-order valence-corrected chi connectivity index (χ0v) is 12.2. The van der Waals surface area contributed by atoms with E-state index >= 15 is 0 Å². The molecule has 104 valence electrons. The van der Waals surface area contributed by atoms with Gasteiger partial charge in [-0.15, -0.1) is 0 Å². The van der Waals surface area contributed by atoms with Gasteiger partial charge in [0.1, 0.15) is 11.7 Å². The van der Waals surface area contributed by atoms with Gasteiger partial charge < -0.3 is 9.15 Å². The third-order valence-electron chi connectivity index (χ3n) is 4.17. The van der Waals surface area contributed by atoms with Crippen molar-refractivity contribution < 1.29 is 9.15 Å². The highest BCUT2D eigenvalue weighted by molar-refractivity contribution is 7.80. The predicted molar refractivity (Wildman–Crippen MR) is 81.2 cm³/mol. The summed E-state index contributed by atoms with van der Waals surface area (Å²) in [6.07, 6.45) is 4.77. The van der Waals surface area contributed by atoms with Gasteiger partial charge in [0, 0.05) is 5.41 Å². The summed E-state index contributed by atoms with van der Waals surface area (Å²) >= 11 is 4.49. The summed E-state index contributed by atoms with van der Waals surface area (Å²) in [7, 11) is 0. The molecule has 1 fully saturated rings. The van der Waals surface area contributed by atoms with Crippen molar-refractivity contribution in [2.45, 2.75) is 25.7 Å². The quantitative estimate of drug-likeness (QED) is 0.858. The first-order chi connectivity index (χ1) is 9.78. The van der Waals surface area contributed by atoms with Gasteiger partial charge in [-0.1, -0.05) is 25.0 Å². The van der Waals surface area contributed by atoms with Gasteiger partial charge in [-0.2, -0.15) is 17.9 Å². The van der Waals surface area contributed by atoms with E-state index in [-0.39, 0.29) is 11.2 Å². The van der Waals surface area contributed by atoms with Gasteiger partial charge in [0.25, 0.3) is 0 Å². The fourth-order valence-electron chi connectivity index (χ4n) is 2.94. The number of ether oxygens (including phenoxy) is 1. The molecule has 1 aliphatic rings. The lowest BCUT2D eigenvalue weighted by molar-refractivity contribution is 0.173. The summed E-state index contributed by atoms with van der Waals surface area (Å²) < 4.78 is 11.5. The molecule has 2 aromatic rings. The van der Waals surface area contributed by atoms with Gasteiger partial charge in [0.05, 0.1) is 12.0 Å². The molecule has 1 aliphatic carbocycles. The summed E-state index contributed by atoms with van der Waals surface area (Å²) in [5.74, 6) is 1.67. The number of hydrogen-bond donors (Lipinski definition) is 1. The molecule has 20 heavy (non-hydrogen) atoms. The van der Waals surface area contributed by atoms with Crippen molar-refractivity contribution in [3.8, 4) is 11.8 Å². The standard InChI is InChI=1S/C16H17NO2S/c17-9-14-15(12-5-1-2-6-13(12)19-14)18-10-16(11-20)7-3-4-8-16/h1-2,5-6,20H,3-4,7-8,10-11H2. The third kappa shape index (κ3) is 2.27. The first-order valence-electron chi connectivity index (χ1n) is 6.93. The van der Waals surface area contributed by atoms with E-state index in [4.69, 9.17) is 9.15 Å². The largest absolute Gasteiger partial charge is 0.488 e. The zero-order chi connectivity index (χ0) is 14.0. The summed E-state index contributed by atoms with van der Waals surface area (Å²) in [6.45, 7) is 0.606. The van der Waals surface area contributed by atoms with E-state index in [0.717, 1.165) is 24.0 Å². The van der Waals surface area contributed by atoms with Gasteiger partial charge in [0.2, 0.25) is 5.76 Å². The molecule has 4 heteroatoms. The number of thiol groups is 1. The first kappa shape index (κ1) is 13.4. The van der Waals surface area contributed by atoms with Crippen LogP contribution < -0.4 is 4.74 Å². The highest BCUT2D eigenvalue weighted by Gasteiger charge is 2.34. The highest BCUT2D eigenvalue weighted by Crippen LogP contribution is 2.41. The van der Waals surface area contributed by atoms with Crippen molar-refractivity contribution >= 4 is 23.6 Å². The molecule has 0 atom stereocenters. The minimum Gasteiger partial charge on any atom is -0.488 e. The molecule has 1 aromatic carbocycles. The van der Waals surface area contributed by atoms with Crippen LogP contribution in [0.1, 0.15) is 31.4 Å². The number of rotatable bonds is 4. The molecule has 3 nitrogen and oxygen atoms in total. The summed E-state index contributed by atoms with van der Waals surface area (Å²) in [5.41, 5.74) is 0.846. The Balaban J connectivity index is 1.89. The number of para-hydroxylation sites is 1. The molecule has 0 radical (unpaired) electrons. The van der Waals surface area contributed by atoms with Crippen molar-refractivity contribution in [2.24, 2.45) is 5.41 Å². The van der Waals surface area contributed by atoms with Crippen LogP contribution in [0.25, 0.3) is 11.0 Å². The van der Waals surface area contributed by atoms with Crippen LogP contribution in [0.4, 0.5) is 0 Å². The van der Waals surface area contributed by atoms with E-state index in [1.54, 1.807) is 0 Å². The molecule has 0 aliphatic heterocycles. The van der Waals surface area contributed by atoms with Crippen LogP contribution in [0.5, 0.6) is 5.75 Å². The molecule has 0 spiro atoms. The van der Waals surface area contributed by atoms with Crippen molar-refractivity contribution in [1.82, 2.24) is 0 Å². The topological polar surface area (TPSA) is 46.2 Å². The molecule has 1 aromatic heterocycles. The van der Waals surface area contributed by atoms with Gasteiger partial charge in [-0.3, -0.25) is 0 Å². The van der Waals surface area contributed by atoms with Crippen LogP contribution in [-0.4, -0.2) is 12.4 Å². The molecular weight excluding hydrogens is 270 g/mol. The fraction of sp³-hybridized carbons (Fsp3) is 0.438. The van der Waals surface area contributed by atoms with E-state index in [2.05, 4.69) is 18.7 Å². The monoisotopic (exact) mass is 287 g/mol. The van der Waals surface area contributed by atoms with Crippen LogP contribution in [0.15, 0.2) is 28.7 Å². The van der Waals surface area contributed by atoms with Crippen LogP contribution in [-0.2, 0) is 0 Å². The zero-order valence-electron chi connectivity index (χ0n) is 11.3. The number of fused-ring (bicyclic) bond motifs is 1. The molecule has 0 unspecified atom stereocenters. The Kier molecular flexibility index (Phi) is 3.62. The molecule has 1 saturated carbocycles. The molecule has 0 N–H and O–H groups in total. The smallest absolute Gasteiger partial charge is 0.246 e. The Morgan fingerprint density at radius 2 is 2.05 bits per heavy atom. The van der Waals surface area contributed by atoms with Crippen molar-refractivity contribution in [1.29, 1.82) is 5.26 Å². The highest BCUT2D eigenvalue weighted by atomic mass is 32.1. The molecule has 0 amide bonds. The Bertz CT molecular complexity index is 650. The van der Waals surface area contributed by atoms with E-state index in [0.29, 0.717) is 17.9 Å². The number of nitriles is 1. The van der Waals surface area contributed by atoms with E-state index in [1.165, 1.54) is 12.8 Å². The van der Waals surface area contributed by atoms with Gasteiger partial charge >= 0.3 is 0 Å². The lowest BCUT2D eigenvalue weighted by Gasteiger charge is -2.26. The minimum atomic E-state index is 0.147. The summed E-state index contributed by atoms with van der Waals surface area (Å²) in [4.78, 5) is 0. The average molecular weight is 287 g/mol. The summed E-state index contributed by atoms with van der Waals surface area (Å²) in [5, 5.41) is 10.1. The van der Waals surface area contributed by atoms with E-state index in [9.17, 15) is 5.26 Å². The predicted octanol–water partition coefficient (Wildman–Crippen LogP) is 4.17.